The van der Waals surface area contributed by atoms with Crippen LogP contribution in [0.25, 0.3) is 6.08 Å². The molecule has 8 nitrogen and oxygen atoms in total. The van der Waals surface area contributed by atoms with Crippen molar-refractivity contribution >= 4 is 46.9 Å². The Morgan fingerprint density at radius 3 is 2.02 bits per heavy atom. The molecule has 0 atom stereocenters. The van der Waals surface area contributed by atoms with Crippen LogP contribution in [0, 0.1) is 6.92 Å². The van der Waals surface area contributed by atoms with Gasteiger partial charge in [-0.25, -0.2) is 0 Å². The van der Waals surface area contributed by atoms with Crippen LogP contribution in [0.4, 0.5) is 11.4 Å². The Kier molecular flexibility index (Phi) is 10.4. The molecule has 9 heteroatoms. The molecule has 0 aliphatic rings. The summed E-state index contributed by atoms with van der Waals surface area (Å²) in [5.41, 5.74) is 3.52. The van der Waals surface area contributed by atoms with Crippen LogP contribution in [0.1, 0.15) is 21.5 Å². The number of methoxy groups -OCH3 is 2. The molecule has 0 radical (unpaired) electrons. The van der Waals surface area contributed by atoms with Crippen molar-refractivity contribution in [2.24, 2.45) is 0 Å². The molecule has 0 bridgehead atoms. The van der Waals surface area contributed by atoms with Crippen LogP contribution in [0.15, 0.2) is 108 Å². The quantitative estimate of drug-likeness (QED) is 0.145. The fourth-order valence-corrected chi connectivity index (χ4v) is 4.53. The van der Waals surface area contributed by atoms with E-state index in [1.807, 2.05) is 49.4 Å². The van der Waals surface area contributed by atoms with E-state index in [1.54, 1.807) is 74.9 Å². The van der Waals surface area contributed by atoms with E-state index in [0.29, 0.717) is 28.4 Å². The second-order valence-electron chi connectivity index (χ2n) is 9.21. The van der Waals surface area contributed by atoms with Crippen LogP contribution >= 0.6 is 11.8 Å². The molecule has 0 aliphatic heterocycles. The Labute approximate surface area is 249 Å². The zero-order valence-electron chi connectivity index (χ0n) is 23.5. The topological polar surface area (TPSA) is 106 Å². The molecule has 214 valence electrons. The Balaban J connectivity index is 1.39. The molecule has 0 unspecified atom stereocenters. The SMILES string of the molecule is COc1cc(NC(=O)CSc2ccc(NC(=O)/C(=C/c3ccc(C)cc3)NC(=O)c3ccccc3)cc2)cc(OC)c1. The first-order chi connectivity index (χ1) is 20.3. The Bertz CT molecular complexity index is 1550. The molecular formula is C33H31N3O5S. The summed E-state index contributed by atoms with van der Waals surface area (Å²) >= 11 is 1.35. The van der Waals surface area contributed by atoms with Crippen LogP contribution < -0.4 is 25.4 Å². The van der Waals surface area contributed by atoms with Crippen molar-refractivity contribution in [1.82, 2.24) is 5.32 Å². The van der Waals surface area contributed by atoms with Gasteiger partial charge in [0.15, 0.2) is 0 Å². The molecular weight excluding hydrogens is 550 g/mol. The predicted octanol–water partition coefficient (Wildman–Crippen LogP) is 6.15. The van der Waals surface area contributed by atoms with E-state index >= 15 is 0 Å². The van der Waals surface area contributed by atoms with Crippen molar-refractivity contribution in [2.45, 2.75) is 11.8 Å². The van der Waals surface area contributed by atoms with Crippen LogP contribution in [0.2, 0.25) is 0 Å². The smallest absolute Gasteiger partial charge is 0.272 e. The number of anilines is 2. The fraction of sp³-hybridized carbons (Fsp3) is 0.121. The summed E-state index contributed by atoms with van der Waals surface area (Å²) in [6.07, 6.45) is 1.64. The number of aryl methyl sites for hydroxylation is 1. The summed E-state index contributed by atoms with van der Waals surface area (Å²) in [6.45, 7) is 1.98. The number of benzene rings is 4. The molecule has 4 rings (SSSR count). The largest absolute Gasteiger partial charge is 0.497 e. The third kappa shape index (κ3) is 8.74. The van der Waals surface area contributed by atoms with Gasteiger partial charge < -0.3 is 25.4 Å². The van der Waals surface area contributed by atoms with Gasteiger partial charge in [0, 0.05) is 40.0 Å². The number of nitrogens with one attached hydrogen (secondary N) is 3. The molecule has 0 heterocycles. The lowest BCUT2D eigenvalue weighted by atomic mass is 10.1. The first-order valence-corrected chi connectivity index (χ1v) is 14.0. The molecule has 0 spiro atoms. The highest BCUT2D eigenvalue weighted by Gasteiger charge is 2.15. The minimum Gasteiger partial charge on any atom is -0.497 e. The lowest BCUT2D eigenvalue weighted by Crippen LogP contribution is -2.30. The number of thioether (sulfide) groups is 1. The van der Waals surface area contributed by atoms with E-state index in [4.69, 9.17) is 9.47 Å². The maximum atomic E-state index is 13.2. The number of rotatable bonds is 11. The molecule has 42 heavy (non-hydrogen) atoms. The lowest BCUT2D eigenvalue weighted by molar-refractivity contribution is -0.114. The van der Waals surface area contributed by atoms with Gasteiger partial charge in [-0.05, 0) is 55.0 Å². The molecule has 4 aromatic carbocycles. The number of carbonyl (C=O) groups excluding carboxylic acids is 3. The van der Waals surface area contributed by atoms with E-state index in [-0.39, 0.29) is 23.3 Å². The average molecular weight is 582 g/mol. The summed E-state index contributed by atoms with van der Waals surface area (Å²) in [7, 11) is 3.09. The van der Waals surface area contributed by atoms with Gasteiger partial charge in [0.2, 0.25) is 5.91 Å². The number of hydrogen-bond acceptors (Lipinski definition) is 6. The molecule has 0 saturated carbocycles. The third-order valence-electron chi connectivity index (χ3n) is 6.03. The number of amides is 3. The molecule has 3 amide bonds. The number of ether oxygens (including phenoxy) is 2. The van der Waals surface area contributed by atoms with Gasteiger partial charge in [0.1, 0.15) is 17.2 Å². The standard InChI is InChI=1S/C33H31N3O5S/c1-22-9-11-23(12-10-22)17-30(36-32(38)24-7-5-4-6-8-24)33(39)35-25-13-15-29(16-14-25)42-21-31(37)34-26-18-27(40-2)20-28(19-26)41-3/h4-20H,21H2,1-3H3,(H,34,37)(H,35,39)(H,36,38)/b30-17-. The molecule has 0 fully saturated rings. The monoisotopic (exact) mass is 581 g/mol. The van der Waals surface area contributed by atoms with Crippen molar-refractivity contribution in [2.75, 3.05) is 30.6 Å². The van der Waals surface area contributed by atoms with Crippen molar-refractivity contribution in [3.05, 3.63) is 119 Å². The molecule has 0 saturated heterocycles. The maximum absolute atomic E-state index is 13.2. The molecule has 4 aromatic rings. The maximum Gasteiger partial charge on any atom is 0.272 e. The second kappa shape index (κ2) is 14.6. The van der Waals surface area contributed by atoms with Gasteiger partial charge in [-0.1, -0.05) is 48.0 Å². The minimum absolute atomic E-state index is 0.108. The van der Waals surface area contributed by atoms with Crippen LogP contribution in [-0.2, 0) is 9.59 Å². The molecule has 0 aliphatic carbocycles. The zero-order chi connectivity index (χ0) is 29.9. The summed E-state index contributed by atoms with van der Waals surface area (Å²) < 4.78 is 10.5. The summed E-state index contributed by atoms with van der Waals surface area (Å²) in [4.78, 5) is 39.4. The number of hydrogen-bond donors (Lipinski definition) is 3. The van der Waals surface area contributed by atoms with E-state index in [9.17, 15) is 14.4 Å². The van der Waals surface area contributed by atoms with E-state index in [1.165, 1.54) is 11.8 Å². The van der Waals surface area contributed by atoms with Gasteiger partial charge in [-0.2, -0.15) is 0 Å². The van der Waals surface area contributed by atoms with Gasteiger partial charge in [0.05, 0.1) is 20.0 Å². The van der Waals surface area contributed by atoms with Crippen LogP contribution in [0.5, 0.6) is 11.5 Å². The molecule has 3 N–H and O–H groups in total. The third-order valence-corrected chi connectivity index (χ3v) is 7.05. The predicted molar refractivity (Wildman–Crippen MR) is 167 cm³/mol. The van der Waals surface area contributed by atoms with E-state index in [0.717, 1.165) is 16.0 Å². The summed E-state index contributed by atoms with van der Waals surface area (Å²) in [5, 5.41) is 8.43. The normalized spacial score (nSPS) is 10.9. The van der Waals surface area contributed by atoms with Crippen molar-refractivity contribution in [1.29, 1.82) is 0 Å². The highest BCUT2D eigenvalue weighted by Crippen LogP contribution is 2.26. The molecule has 0 aromatic heterocycles. The van der Waals surface area contributed by atoms with Gasteiger partial charge in [0.25, 0.3) is 11.8 Å². The first-order valence-electron chi connectivity index (χ1n) is 13.0. The Morgan fingerprint density at radius 2 is 1.40 bits per heavy atom. The second-order valence-corrected chi connectivity index (χ2v) is 10.3. The van der Waals surface area contributed by atoms with Gasteiger partial charge >= 0.3 is 0 Å². The number of carbonyl (C=O) groups is 3. The van der Waals surface area contributed by atoms with Crippen molar-refractivity contribution in [3.63, 3.8) is 0 Å². The summed E-state index contributed by atoms with van der Waals surface area (Å²) in [5.74, 6) is 0.292. The average Bonchev–Trinajstić information content (AvgIpc) is 3.01. The zero-order valence-corrected chi connectivity index (χ0v) is 24.3. The Hall–Kier alpha value is -5.02. The Morgan fingerprint density at radius 1 is 0.762 bits per heavy atom. The van der Waals surface area contributed by atoms with Crippen LogP contribution in [0.3, 0.4) is 0 Å². The van der Waals surface area contributed by atoms with Gasteiger partial charge in [-0.3, -0.25) is 14.4 Å². The van der Waals surface area contributed by atoms with E-state index in [2.05, 4.69) is 16.0 Å². The van der Waals surface area contributed by atoms with Crippen molar-refractivity contribution < 1.29 is 23.9 Å². The van der Waals surface area contributed by atoms with Gasteiger partial charge in [-0.15, -0.1) is 11.8 Å². The highest BCUT2D eigenvalue weighted by molar-refractivity contribution is 8.00. The highest BCUT2D eigenvalue weighted by atomic mass is 32.2. The first kappa shape index (κ1) is 30.0. The fourth-order valence-electron chi connectivity index (χ4n) is 3.83. The summed E-state index contributed by atoms with van der Waals surface area (Å²) in [6, 6.07) is 28.6. The van der Waals surface area contributed by atoms with E-state index < -0.39 is 5.91 Å². The van der Waals surface area contributed by atoms with Crippen LogP contribution in [-0.4, -0.2) is 37.7 Å². The van der Waals surface area contributed by atoms with Crippen molar-refractivity contribution in [3.8, 4) is 11.5 Å². The minimum atomic E-state index is -0.464. The lowest BCUT2D eigenvalue weighted by Gasteiger charge is -2.12.